The molecule has 1 atom stereocenters. The summed E-state index contributed by atoms with van der Waals surface area (Å²) >= 11 is 8.44. The van der Waals surface area contributed by atoms with E-state index in [0.29, 0.717) is 17.9 Å². The molecule has 3 N–H and O–H groups in total. The van der Waals surface area contributed by atoms with Gasteiger partial charge in [0.15, 0.2) is 0 Å². The van der Waals surface area contributed by atoms with E-state index in [4.69, 9.17) is 10.5 Å². The van der Waals surface area contributed by atoms with Gasteiger partial charge in [0.05, 0.1) is 23.3 Å². The zero-order valence-corrected chi connectivity index (χ0v) is 14.7. The van der Waals surface area contributed by atoms with Crippen LogP contribution < -0.4 is 15.8 Å². The van der Waals surface area contributed by atoms with Crippen LogP contribution in [-0.4, -0.2) is 31.1 Å². The van der Waals surface area contributed by atoms with E-state index in [9.17, 15) is 4.79 Å². The number of halogens is 2. The zero-order valence-electron chi connectivity index (χ0n) is 10.7. The fourth-order valence-electron chi connectivity index (χ4n) is 1.38. The number of ether oxygens (including phenoxy) is 1. The Morgan fingerprint density at radius 2 is 2.16 bits per heavy atom. The predicted molar refractivity (Wildman–Crippen MR) is 88.0 cm³/mol. The first kappa shape index (κ1) is 16.8. The summed E-state index contributed by atoms with van der Waals surface area (Å²) in [5.41, 5.74) is 6.46. The van der Waals surface area contributed by atoms with Crippen molar-refractivity contribution in [3.63, 3.8) is 0 Å². The topological polar surface area (TPSA) is 64.3 Å². The van der Waals surface area contributed by atoms with Gasteiger partial charge in [-0.15, -0.1) is 0 Å². The summed E-state index contributed by atoms with van der Waals surface area (Å²) in [6.07, 6.45) is 2.64. The van der Waals surface area contributed by atoms with Crippen LogP contribution in [0, 0.1) is 0 Å². The number of anilines is 1. The minimum atomic E-state index is -0.506. The third kappa shape index (κ3) is 4.98. The van der Waals surface area contributed by atoms with E-state index in [1.165, 1.54) is 0 Å². The van der Waals surface area contributed by atoms with Gasteiger partial charge < -0.3 is 15.8 Å². The molecule has 0 saturated heterocycles. The lowest BCUT2D eigenvalue weighted by Gasteiger charge is -2.14. The maximum absolute atomic E-state index is 11.9. The van der Waals surface area contributed by atoms with Gasteiger partial charge in [0, 0.05) is 10.5 Å². The molecule has 106 valence electrons. The zero-order chi connectivity index (χ0) is 14.4. The number of carbonyl (C=O) groups is 1. The van der Waals surface area contributed by atoms with E-state index < -0.39 is 6.04 Å². The van der Waals surface area contributed by atoms with Crippen LogP contribution in [0.4, 0.5) is 5.69 Å². The Bertz CT molecular complexity index is 458. The number of nitrogens with two attached hydrogens (primary N) is 1. The summed E-state index contributed by atoms with van der Waals surface area (Å²) in [5.74, 6) is 1.31. The Kier molecular flexibility index (Phi) is 7.20. The molecule has 0 aliphatic carbocycles. The Balaban J connectivity index is 2.78. The first-order valence-electron chi connectivity index (χ1n) is 5.58. The van der Waals surface area contributed by atoms with E-state index in [1.807, 2.05) is 12.3 Å². The molecule has 0 radical (unpaired) electrons. The van der Waals surface area contributed by atoms with Crippen LogP contribution in [0.1, 0.15) is 6.42 Å². The molecular formula is C12H16Br2N2O2S. The van der Waals surface area contributed by atoms with Crippen LogP contribution in [0.2, 0.25) is 0 Å². The summed E-state index contributed by atoms with van der Waals surface area (Å²) in [7, 11) is 1.57. The highest BCUT2D eigenvalue weighted by Crippen LogP contribution is 2.34. The third-order valence-electron chi connectivity index (χ3n) is 2.47. The smallest absolute Gasteiger partial charge is 0.241 e. The van der Waals surface area contributed by atoms with Crippen LogP contribution in [0.25, 0.3) is 0 Å². The van der Waals surface area contributed by atoms with Gasteiger partial charge in [0.25, 0.3) is 0 Å². The molecule has 0 spiro atoms. The molecule has 19 heavy (non-hydrogen) atoms. The second kappa shape index (κ2) is 8.14. The average molecular weight is 412 g/mol. The van der Waals surface area contributed by atoms with Crippen molar-refractivity contribution in [2.45, 2.75) is 12.5 Å². The maximum atomic E-state index is 11.9. The summed E-state index contributed by atoms with van der Waals surface area (Å²) < 4.78 is 6.77. The molecule has 4 nitrogen and oxygen atoms in total. The van der Waals surface area contributed by atoms with Gasteiger partial charge in [-0.2, -0.15) is 11.8 Å². The van der Waals surface area contributed by atoms with Crippen molar-refractivity contribution in [1.82, 2.24) is 0 Å². The summed E-state index contributed by atoms with van der Waals surface area (Å²) in [6.45, 7) is 0. The van der Waals surface area contributed by atoms with Crippen molar-refractivity contribution in [3.8, 4) is 5.75 Å². The first-order valence-corrected chi connectivity index (χ1v) is 8.56. The van der Waals surface area contributed by atoms with Gasteiger partial charge >= 0.3 is 0 Å². The molecule has 0 aliphatic rings. The van der Waals surface area contributed by atoms with Gasteiger partial charge in [-0.3, -0.25) is 4.79 Å². The van der Waals surface area contributed by atoms with Crippen molar-refractivity contribution >= 4 is 55.2 Å². The fourth-order valence-corrected chi connectivity index (χ4v) is 3.13. The average Bonchev–Trinajstić information content (AvgIpc) is 2.38. The molecule has 1 rings (SSSR count). The number of carbonyl (C=O) groups excluding carboxylic acids is 1. The van der Waals surface area contributed by atoms with Crippen LogP contribution in [0.15, 0.2) is 21.1 Å². The minimum Gasteiger partial charge on any atom is -0.495 e. The molecule has 0 aromatic heterocycles. The van der Waals surface area contributed by atoms with E-state index in [1.54, 1.807) is 24.9 Å². The Labute approximate surface area is 134 Å². The lowest BCUT2D eigenvalue weighted by Crippen LogP contribution is -2.36. The largest absolute Gasteiger partial charge is 0.495 e. The van der Waals surface area contributed by atoms with Gasteiger partial charge in [-0.05, 0) is 56.4 Å². The van der Waals surface area contributed by atoms with E-state index in [0.717, 1.165) is 14.7 Å². The Morgan fingerprint density at radius 1 is 1.47 bits per heavy atom. The molecule has 1 amide bonds. The number of nitrogens with one attached hydrogen (secondary N) is 1. The number of hydrogen-bond acceptors (Lipinski definition) is 4. The van der Waals surface area contributed by atoms with E-state index >= 15 is 0 Å². The van der Waals surface area contributed by atoms with Crippen LogP contribution in [0.5, 0.6) is 5.75 Å². The quantitative estimate of drug-likeness (QED) is 0.754. The third-order valence-corrected chi connectivity index (χ3v) is 4.39. The van der Waals surface area contributed by atoms with E-state index in [2.05, 4.69) is 37.2 Å². The van der Waals surface area contributed by atoms with E-state index in [-0.39, 0.29) is 5.91 Å². The van der Waals surface area contributed by atoms with Crippen molar-refractivity contribution in [1.29, 1.82) is 0 Å². The number of methoxy groups -OCH3 is 1. The van der Waals surface area contributed by atoms with Crippen LogP contribution in [-0.2, 0) is 4.79 Å². The standard InChI is InChI=1S/C12H16Br2N2O2S/c1-18-11-6-10(7(13)5-8(11)14)16-12(17)9(15)3-4-19-2/h5-6,9H,3-4,15H2,1-2H3,(H,16,17)/t9-/m1/s1. The second-order valence-corrected chi connectivity index (χ2v) is 6.54. The molecule has 7 heteroatoms. The maximum Gasteiger partial charge on any atom is 0.241 e. The minimum absolute atomic E-state index is 0.195. The highest BCUT2D eigenvalue weighted by Gasteiger charge is 2.15. The van der Waals surface area contributed by atoms with Gasteiger partial charge in [-0.1, -0.05) is 0 Å². The van der Waals surface area contributed by atoms with Crippen molar-refractivity contribution in [2.75, 3.05) is 24.4 Å². The van der Waals surface area contributed by atoms with Crippen molar-refractivity contribution in [3.05, 3.63) is 21.1 Å². The molecule has 0 fully saturated rings. The lowest BCUT2D eigenvalue weighted by atomic mass is 10.2. The fraction of sp³-hybridized carbons (Fsp3) is 0.417. The van der Waals surface area contributed by atoms with Crippen LogP contribution in [0.3, 0.4) is 0 Å². The Morgan fingerprint density at radius 3 is 2.74 bits per heavy atom. The molecule has 1 aromatic rings. The van der Waals surface area contributed by atoms with Gasteiger partial charge in [0.1, 0.15) is 5.75 Å². The van der Waals surface area contributed by atoms with Crippen LogP contribution >= 0.6 is 43.6 Å². The molecule has 0 heterocycles. The number of benzene rings is 1. The number of rotatable bonds is 6. The molecular weight excluding hydrogens is 396 g/mol. The monoisotopic (exact) mass is 410 g/mol. The molecule has 0 bridgehead atoms. The number of thioether (sulfide) groups is 1. The van der Waals surface area contributed by atoms with Gasteiger partial charge in [0.2, 0.25) is 5.91 Å². The predicted octanol–water partition coefficient (Wildman–Crippen LogP) is 3.24. The SMILES string of the molecule is COc1cc(NC(=O)[C@H](N)CCSC)c(Br)cc1Br. The second-order valence-electron chi connectivity index (χ2n) is 3.84. The summed E-state index contributed by atoms with van der Waals surface area (Å²) in [6, 6.07) is 3.06. The highest BCUT2D eigenvalue weighted by molar-refractivity contribution is 9.11. The number of amides is 1. The summed E-state index contributed by atoms with van der Waals surface area (Å²) in [4.78, 5) is 11.9. The molecule has 0 unspecified atom stereocenters. The summed E-state index contributed by atoms with van der Waals surface area (Å²) in [5, 5.41) is 2.80. The Hall–Kier alpha value is -0.240. The molecule has 0 aliphatic heterocycles. The molecule has 0 saturated carbocycles. The first-order chi connectivity index (χ1) is 8.99. The van der Waals surface area contributed by atoms with Gasteiger partial charge in [-0.25, -0.2) is 0 Å². The van der Waals surface area contributed by atoms with Crippen molar-refractivity contribution < 1.29 is 9.53 Å². The number of hydrogen-bond donors (Lipinski definition) is 2. The molecule has 1 aromatic carbocycles. The van der Waals surface area contributed by atoms with Crippen molar-refractivity contribution in [2.24, 2.45) is 5.73 Å². The highest BCUT2D eigenvalue weighted by atomic mass is 79.9. The lowest BCUT2D eigenvalue weighted by molar-refractivity contribution is -0.117. The normalized spacial score (nSPS) is 12.1.